The molecule has 0 fully saturated rings. The van der Waals surface area contributed by atoms with Crippen LogP contribution in [0.5, 0.6) is 0 Å². The lowest BCUT2D eigenvalue weighted by atomic mass is 10.2. The van der Waals surface area contributed by atoms with Crippen LogP contribution in [-0.2, 0) is 6.54 Å². The van der Waals surface area contributed by atoms with Gasteiger partial charge in [0.25, 0.3) is 0 Å². The van der Waals surface area contributed by atoms with Crippen molar-refractivity contribution in [3.05, 3.63) is 28.2 Å². The van der Waals surface area contributed by atoms with Crippen molar-refractivity contribution in [1.82, 2.24) is 4.90 Å². The molecule has 0 heterocycles. The molecule has 0 bridgehead atoms. The number of hydrogen-bond acceptors (Lipinski definition) is 3. The summed E-state index contributed by atoms with van der Waals surface area (Å²) in [5, 5.41) is 0. The molecule has 0 atom stereocenters. The smallest absolute Gasteiger partial charge is 0.0511 e. The fraction of sp³-hybridized carbons (Fsp3) is 0.571. The Morgan fingerprint density at radius 1 is 1.17 bits per heavy atom. The third-order valence-corrected chi connectivity index (χ3v) is 3.53. The Labute approximate surface area is 119 Å². The minimum atomic E-state index is 0.588. The summed E-state index contributed by atoms with van der Waals surface area (Å²) in [5.74, 6) is 0. The number of halogens is 1. The van der Waals surface area contributed by atoms with Crippen molar-refractivity contribution in [3.8, 4) is 0 Å². The van der Waals surface area contributed by atoms with Gasteiger partial charge in [-0.25, -0.2) is 0 Å². The lowest BCUT2D eigenvalue weighted by molar-refractivity contribution is 0.413. The van der Waals surface area contributed by atoms with E-state index < -0.39 is 0 Å². The van der Waals surface area contributed by atoms with E-state index in [1.54, 1.807) is 0 Å². The number of nitrogens with two attached hydrogens (primary N) is 1. The van der Waals surface area contributed by atoms with Crippen LogP contribution in [0.2, 0.25) is 0 Å². The molecule has 0 aliphatic carbocycles. The number of anilines is 1. The third-order valence-electron chi connectivity index (χ3n) is 2.90. The van der Waals surface area contributed by atoms with E-state index in [4.69, 9.17) is 5.73 Å². The molecule has 1 aromatic carbocycles. The maximum atomic E-state index is 5.66. The summed E-state index contributed by atoms with van der Waals surface area (Å²) in [6.07, 6.45) is 1.15. The summed E-state index contributed by atoms with van der Waals surface area (Å²) in [6, 6.07) is 6.39. The van der Waals surface area contributed by atoms with Crippen LogP contribution in [0.3, 0.4) is 0 Å². The number of likely N-dealkylation sites (N-methyl/N-ethyl adjacent to an activating group) is 1. The Kier molecular flexibility index (Phi) is 6.68. The summed E-state index contributed by atoms with van der Waals surface area (Å²) >= 11 is 3.65. The molecule has 0 saturated heterocycles. The standard InChI is InChI=1S/C14H24BrN3/c1-4-7-18(9-8-17(2)3)14-6-5-12(11-16)10-13(14)15/h5-6,10H,4,7-9,11,16H2,1-3H3. The fourth-order valence-corrected chi connectivity index (χ4v) is 2.55. The minimum Gasteiger partial charge on any atom is -0.369 e. The second-order valence-electron chi connectivity index (χ2n) is 4.78. The molecule has 1 aromatic rings. The summed E-state index contributed by atoms with van der Waals surface area (Å²) in [4.78, 5) is 4.63. The molecule has 0 radical (unpaired) electrons. The van der Waals surface area contributed by atoms with Crippen molar-refractivity contribution in [3.63, 3.8) is 0 Å². The number of nitrogens with zero attached hydrogens (tertiary/aromatic N) is 2. The zero-order valence-corrected chi connectivity index (χ0v) is 13.2. The monoisotopic (exact) mass is 313 g/mol. The molecular weight excluding hydrogens is 290 g/mol. The highest BCUT2D eigenvalue weighted by Crippen LogP contribution is 2.27. The van der Waals surface area contributed by atoms with Gasteiger partial charge in [0.05, 0.1) is 5.69 Å². The molecular formula is C14H24BrN3. The predicted molar refractivity (Wildman–Crippen MR) is 83.1 cm³/mol. The summed E-state index contributed by atoms with van der Waals surface area (Å²) in [5.41, 5.74) is 8.08. The van der Waals surface area contributed by atoms with Gasteiger partial charge in [-0.1, -0.05) is 13.0 Å². The molecule has 102 valence electrons. The third kappa shape index (κ3) is 4.59. The van der Waals surface area contributed by atoms with Crippen molar-refractivity contribution in [2.75, 3.05) is 38.6 Å². The van der Waals surface area contributed by atoms with Crippen molar-refractivity contribution >= 4 is 21.6 Å². The average molecular weight is 314 g/mol. The van der Waals surface area contributed by atoms with E-state index in [1.165, 1.54) is 5.69 Å². The van der Waals surface area contributed by atoms with Gasteiger partial charge in [-0.3, -0.25) is 0 Å². The lowest BCUT2D eigenvalue weighted by Crippen LogP contribution is -2.32. The first-order chi connectivity index (χ1) is 8.58. The topological polar surface area (TPSA) is 32.5 Å². The van der Waals surface area contributed by atoms with Crippen molar-refractivity contribution in [2.24, 2.45) is 5.73 Å². The van der Waals surface area contributed by atoms with E-state index in [1.807, 2.05) is 0 Å². The Morgan fingerprint density at radius 3 is 2.39 bits per heavy atom. The molecule has 0 amide bonds. The SMILES string of the molecule is CCCN(CCN(C)C)c1ccc(CN)cc1Br. The first-order valence-electron chi connectivity index (χ1n) is 6.46. The molecule has 18 heavy (non-hydrogen) atoms. The van der Waals surface area contributed by atoms with Gasteiger partial charge in [0.2, 0.25) is 0 Å². The van der Waals surface area contributed by atoms with Gasteiger partial charge in [0.15, 0.2) is 0 Å². The van der Waals surface area contributed by atoms with Crippen LogP contribution in [0.1, 0.15) is 18.9 Å². The number of benzene rings is 1. The maximum absolute atomic E-state index is 5.66. The molecule has 0 spiro atoms. The molecule has 4 heteroatoms. The summed E-state index contributed by atoms with van der Waals surface area (Å²) in [6.45, 7) is 5.98. The second-order valence-corrected chi connectivity index (χ2v) is 5.63. The lowest BCUT2D eigenvalue weighted by Gasteiger charge is -2.27. The molecule has 1 rings (SSSR count). The first-order valence-corrected chi connectivity index (χ1v) is 7.26. The van der Waals surface area contributed by atoms with Gasteiger partial charge in [0.1, 0.15) is 0 Å². The van der Waals surface area contributed by atoms with Gasteiger partial charge < -0.3 is 15.5 Å². The van der Waals surface area contributed by atoms with Gasteiger partial charge in [-0.05, 0) is 54.1 Å². The van der Waals surface area contributed by atoms with Crippen LogP contribution in [-0.4, -0.2) is 38.6 Å². The Balaban J connectivity index is 2.84. The molecule has 0 aromatic heterocycles. The van der Waals surface area contributed by atoms with Crippen molar-refractivity contribution in [1.29, 1.82) is 0 Å². The predicted octanol–water partition coefficient (Wildman–Crippen LogP) is 2.69. The van der Waals surface area contributed by atoms with E-state index in [-0.39, 0.29) is 0 Å². The zero-order chi connectivity index (χ0) is 13.5. The van der Waals surface area contributed by atoms with Crippen LogP contribution < -0.4 is 10.6 Å². The second kappa shape index (κ2) is 7.77. The highest BCUT2D eigenvalue weighted by Gasteiger charge is 2.10. The average Bonchev–Trinajstić information content (AvgIpc) is 2.34. The highest BCUT2D eigenvalue weighted by molar-refractivity contribution is 9.10. The molecule has 0 unspecified atom stereocenters. The largest absolute Gasteiger partial charge is 0.369 e. The van der Waals surface area contributed by atoms with Gasteiger partial charge in [-0.15, -0.1) is 0 Å². The molecule has 0 aliphatic heterocycles. The number of hydrogen-bond donors (Lipinski definition) is 1. The Morgan fingerprint density at radius 2 is 1.89 bits per heavy atom. The van der Waals surface area contributed by atoms with Crippen LogP contribution in [0.25, 0.3) is 0 Å². The van der Waals surface area contributed by atoms with Crippen LogP contribution in [0.4, 0.5) is 5.69 Å². The van der Waals surface area contributed by atoms with Crippen LogP contribution >= 0.6 is 15.9 Å². The van der Waals surface area contributed by atoms with E-state index >= 15 is 0 Å². The molecule has 0 aliphatic rings. The van der Waals surface area contributed by atoms with Gasteiger partial charge >= 0.3 is 0 Å². The summed E-state index contributed by atoms with van der Waals surface area (Å²) in [7, 11) is 4.22. The minimum absolute atomic E-state index is 0.588. The first kappa shape index (κ1) is 15.5. The molecule has 0 saturated carbocycles. The Hall–Kier alpha value is -0.580. The van der Waals surface area contributed by atoms with E-state index in [0.29, 0.717) is 6.54 Å². The summed E-state index contributed by atoms with van der Waals surface area (Å²) < 4.78 is 1.14. The van der Waals surface area contributed by atoms with E-state index in [0.717, 1.165) is 36.1 Å². The molecule has 2 N–H and O–H groups in total. The van der Waals surface area contributed by atoms with Crippen LogP contribution in [0.15, 0.2) is 22.7 Å². The maximum Gasteiger partial charge on any atom is 0.0511 e. The quantitative estimate of drug-likeness (QED) is 0.840. The zero-order valence-electron chi connectivity index (χ0n) is 11.6. The van der Waals surface area contributed by atoms with Crippen molar-refractivity contribution < 1.29 is 0 Å². The fourth-order valence-electron chi connectivity index (χ4n) is 1.88. The van der Waals surface area contributed by atoms with E-state index in [2.05, 4.69) is 64.9 Å². The number of rotatable bonds is 7. The van der Waals surface area contributed by atoms with E-state index in [9.17, 15) is 0 Å². The normalized spacial score (nSPS) is 11.0. The van der Waals surface area contributed by atoms with Gasteiger partial charge in [-0.2, -0.15) is 0 Å². The van der Waals surface area contributed by atoms with Crippen LogP contribution in [0, 0.1) is 0 Å². The van der Waals surface area contributed by atoms with Crippen molar-refractivity contribution in [2.45, 2.75) is 19.9 Å². The molecule has 3 nitrogen and oxygen atoms in total. The highest BCUT2D eigenvalue weighted by atomic mass is 79.9. The van der Waals surface area contributed by atoms with Gasteiger partial charge in [0, 0.05) is 30.7 Å². The Bertz CT molecular complexity index is 366.